The molecule has 0 aromatic carbocycles. The topological polar surface area (TPSA) is 51.2 Å². The summed E-state index contributed by atoms with van der Waals surface area (Å²) in [5.41, 5.74) is 2.75. The number of rotatable bonds is 3. The van der Waals surface area contributed by atoms with E-state index in [1.54, 1.807) is 17.4 Å². The molecule has 1 aromatic heterocycles. The highest BCUT2D eigenvalue weighted by Crippen LogP contribution is 2.09. The predicted molar refractivity (Wildman–Crippen MR) is 64.9 cm³/mol. The smallest absolute Gasteiger partial charge is 0.267 e. The number of nitrogens with zero attached hydrogens (tertiary/aromatic N) is 1. The van der Waals surface area contributed by atoms with Crippen molar-refractivity contribution in [1.29, 1.82) is 0 Å². The zero-order valence-corrected chi connectivity index (χ0v) is 10.7. The third-order valence-corrected chi connectivity index (χ3v) is 2.29. The van der Waals surface area contributed by atoms with E-state index >= 15 is 0 Å². The van der Waals surface area contributed by atoms with Crippen molar-refractivity contribution >= 4 is 23.3 Å². The van der Waals surface area contributed by atoms with Gasteiger partial charge in [0.25, 0.3) is 5.91 Å². The number of aromatic nitrogens is 1. The van der Waals surface area contributed by atoms with Gasteiger partial charge in [0, 0.05) is 11.5 Å². The van der Waals surface area contributed by atoms with Crippen LogP contribution in [0.25, 0.3) is 6.08 Å². The van der Waals surface area contributed by atoms with Crippen molar-refractivity contribution in [3.05, 3.63) is 22.2 Å². The molecule has 0 unspecified atom stereocenters. The Morgan fingerprint density at radius 1 is 1.56 bits per heavy atom. The van der Waals surface area contributed by atoms with Crippen molar-refractivity contribution in [3.8, 4) is 0 Å². The van der Waals surface area contributed by atoms with Crippen LogP contribution in [0.15, 0.2) is 11.5 Å². The van der Waals surface area contributed by atoms with E-state index in [0.29, 0.717) is 0 Å². The number of nitrogens with one attached hydrogen (secondary N) is 1. The number of thiazole rings is 1. The van der Waals surface area contributed by atoms with Gasteiger partial charge in [-0.05, 0) is 33.8 Å². The number of carbonyl (C=O) groups is 1. The Morgan fingerprint density at radius 2 is 2.25 bits per heavy atom. The maximum Gasteiger partial charge on any atom is 0.267 e. The Labute approximate surface area is 99.3 Å². The maximum absolute atomic E-state index is 11.3. The molecule has 0 aliphatic heterocycles. The van der Waals surface area contributed by atoms with Crippen molar-refractivity contribution in [1.82, 2.24) is 10.5 Å². The molecule has 1 amide bonds. The maximum atomic E-state index is 11.3. The van der Waals surface area contributed by atoms with E-state index in [0.717, 1.165) is 10.7 Å². The fourth-order valence-corrected chi connectivity index (χ4v) is 1.44. The first-order valence-corrected chi connectivity index (χ1v) is 5.83. The van der Waals surface area contributed by atoms with Gasteiger partial charge in [-0.25, -0.2) is 10.5 Å². The molecule has 0 radical (unpaired) electrons. The summed E-state index contributed by atoms with van der Waals surface area (Å²) in [6.07, 6.45) is 3.06. The lowest BCUT2D eigenvalue weighted by Gasteiger charge is -2.17. The van der Waals surface area contributed by atoms with Crippen molar-refractivity contribution in [2.45, 2.75) is 33.3 Å². The lowest BCUT2D eigenvalue weighted by atomic mass is 10.2. The van der Waals surface area contributed by atoms with Crippen LogP contribution in [0.3, 0.4) is 0 Å². The highest BCUT2D eigenvalue weighted by Gasteiger charge is 2.11. The molecule has 0 aliphatic carbocycles. The van der Waals surface area contributed by atoms with Gasteiger partial charge in [-0.15, -0.1) is 11.3 Å². The Morgan fingerprint density at radius 3 is 2.75 bits per heavy atom. The zero-order chi connectivity index (χ0) is 12.2. The summed E-state index contributed by atoms with van der Waals surface area (Å²) in [6.45, 7) is 7.51. The fourth-order valence-electron chi connectivity index (χ4n) is 0.855. The molecule has 1 N–H and O–H groups in total. The monoisotopic (exact) mass is 240 g/mol. The number of carbonyl (C=O) groups excluding carboxylic acids is 1. The Bertz CT molecular complexity index is 391. The van der Waals surface area contributed by atoms with Crippen LogP contribution < -0.4 is 5.48 Å². The van der Waals surface area contributed by atoms with E-state index in [1.807, 2.05) is 33.1 Å². The van der Waals surface area contributed by atoms with E-state index in [-0.39, 0.29) is 11.5 Å². The summed E-state index contributed by atoms with van der Waals surface area (Å²) in [4.78, 5) is 20.6. The summed E-state index contributed by atoms with van der Waals surface area (Å²) in [5.74, 6) is -0.291. The van der Waals surface area contributed by atoms with Gasteiger partial charge >= 0.3 is 0 Å². The van der Waals surface area contributed by atoms with Gasteiger partial charge in [0.2, 0.25) is 0 Å². The van der Waals surface area contributed by atoms with Gasteiger partial charge in [-0.1, -0.05) is 0 Å². The highest BCUT2D eigenvalue weighted by atomic mass is 32.1. The van der Waals surface area contributed by atoms with Crippen LogP contribution in [0.5, 0.6) is 0 Å². The lowest BCUT2D eigenvalue weighted by Crippen LogP contribution is -2.32. The molecule has 1 aromatic rings. The number of hydroxylamine groups is 1. The third-order valence-electron chi connectivity index (χ3n) is 1.50. The normalized spacial score (nSPS) is 12.0. The van der Waals surface area contributed by atoms with Crippen molar-refractivity contribution in [3.63, 3.8) is 0 Å². The van der Waals surface area contributed by atoms with Gasteiger partial charge in [-0.2, -0.15) is 0 Å². The van der Waals surface area contributed by atoms with E-state index < -0.39 is 0 Å². The molecule has 0 atom stereocenters. The average molecular weight is 240 g/mol. The van der Waals surface area contributed by atoms with Crippen molar-refractivity contribution < 1.29 is 9.63 Å². The number of amides is 1. The fraction of sp³-hybridized carbons (Fsp3) is 0.455. The average Bonchev–Trinajstić information content (AvgIpc) is 2.57. The van der Waals surface area contributed by atoms with Crippen LogP contribution in [0.1, 0.15) is 31.5 Å². The van der Waals surface area contributed by atoms with Crippen LogP contribution in [0.4, 0.5) is 0 Å². The molecule has 5 heteroatoms. The van der Waals surface area contributed by atoms with Crippen molar-refractivity contribution in [2.75, 3.05) is 0 Å². The second-order valence-electron chi connectivity index (χ2n) is 4.31. The van der Waals surface area contributed by atoms with E-state index in [2.05, 4.69) is 10.5 Å². The first kappa shape index (κ1) is 12.9. The minimum atomic E-state index is -0.388. The van der Waals surface area contributed by atoms with E-state index in [4.69, 9.17) is 4.84 Å². The summed E-state index contributed by atoms with van der Waals surface area (Å²) >= 11 is 1.55. The first-order chi connectivity index (χ1) is 7.37. The molecule has 0 bridgehead atoms. The quantitative estimate of drug-likeness (QED) is 0.651. The summed E-state index contributed by atoms with van der Waals surface area (Å²) in [6, 6.07) is 0. The molecule has 0 saturated heterocycles. The van der Waals surface area contributed by atoms with Crippen LogP contribution in [-0.2, 0) is 9.63 Å². The summed E-state index contributed by atoms with van der Waals surface area (Å²) in [7, 11) is 0. The van der Waals surface area contributed by atoms with E-state index in [1.165, 1.54) is 6.08 Å². The number of hydrogen-bond donors (Lipinski definition) is 1. The van der Waals surface area contributed by atoms with Crippen LogP contribution in [0, 0.1) is 6.92 Å². The lowest BCUT2D eigenvalue weighted by molar-refractivity contribution is -0.140. The van der Waals surface area contributed by atoms with Crippen LogP contribution >= 0.6 is 11.3 Å². The van der Waals surface area contributed by atoms with Gasteiger partial charge in [0.15, 0.2) is 0 Å². The second-order valence-corrected chi connectivity index (χ2v) is 5.37. The molecular formula is C11H16N2O2S. The molecule has 0 aliphatic rings. The predicted octanol–water partition coefficient (Wildman–Crippen LogP) is 2.31. The molecular weight excluding hydrogens is 224 g/mol. The van der Waals surface area contributed by atoms with Gasteiger partial charge in [-0.3, -0.25) is 9.63 Å². The van der Waals surface area contributed by atoms with Crippen LogP contribution in [-0.4, -0.2) is 16.5 Å². The Hall–Kier alpha value is -1.20. The summed E-state index contributed by atoms with van der Waals surface area (Å²) < 4.78 is 0. The molecule has 1 heterocycles. The third kappa shape index (κ3) is 5.04. The SMILES string of the molecule is Cc1nc(/C=C/C(=O)NOC(C)(C)C)cs1. The zero-order valence-electron chi connectivity index (χ0n) is 9.90. The molecule has 0 fully saturated rings. The highest BCUT2D eigenvalue weighted by molar-refractivity contribution is 7.09. The molecule has 1 rings (SSSR count). The second kappa shape index (κ2) is 5.23. The van der Waals surface area contributed by atoms with Gasteiger partial charge in [0.05, 0.1) is 16.3 Å². The Balaban J connectivity index is 2.43. The van der Waals surface area contributed by atoms with Gasteiger partial charge in [0.1, 0.15) is 0 Å². The molecule has 88 valence electrons. The van der Waals surface area contributed by atoms with Crippen LogP contribution in [0.2, 0.25) is 0 Å². The largest absolute Gasteiger partial charge is 0.268 e. The molecule has 0 saturated carbocycles. The first-order valence-electron chi connectivity index (χ1n) is 4.95. The minimum absolute atomic E-state index is 0.291. The molecule has 4 nitrogen and oxygen atoms in total. The standard InChI is InChI=1S/C11H16N2O2S/c1-8-12-9(7-16-8)5-6-10(14)13-15-11(2,3)4/h5-7H,1-4H3,(H,13,14)/b6-5+. The number of aryl methyl sites for hydroxylation is 1. The van der Waals surface area contributed by atoms with E-state index in [9.17, 15) is 4.79 Å². The molecule has 16 heavy (non-hydrogen) atoms. The Kier molecular flexibility index (Phi) is 4.20. The molecule has 0 spiro atoms. The van der Waals surface area contributed by atoms with Gasteiger partial charge < -0.3 is 0 Å². The minimum Gasteiger partial charge on any atom is -0.268 e. The van der Waals surface area contributed by atoms with Crippen molar-refractivity contribution in [2.24, 2.45) is 0 Å². The summed E-state index contributed by atoms with van der Waals surface area (Å²) in [5, 5.41) is 2.87. The number of hydrogen-bond acceptors (Lipinski definition) is 4.